The first-order chi connectivity index (χ1) is 9.29. The number of carbonyl (C=O) groups is 2. The van der Waals surface area contributed by atoms with Gasteiger partial charge in [0.25, 0.3) is 0 Å². The highest BCUT2D eigenvalue weighted by Crippen LogP contribution is 2.22. The van der Waals surface area contributed by atoms with E-state index >= 15 is 0 Å². The van der Waals surface area contributed by atoms with E-state index in [1.807, 2.05) is 12.1 Å². The predicted molar refractivity (Wildman–Crippen MR) is 69.4 cm³/mol. The van der Waals surface area contributed by atoms with Gasteiger partial charge in [0, 0.05) is 5.56 Å². The molecule has 1 unspecified atom stereocenters. The van der Waals surface area contributed by atoms with Crippen molar-refractivity contribution in [1.29, 1.82) is 0 Å². The molecule has 2 aromatic rings. The Kier molecular flexibility index (Phi) is 3.01. The molecule has 0 spiro atoms. The molecule has 0 N–H and O–H groups in total. The van der Waals surface area contributed by atoms with Crippen LogP contribution in [0.1, 0.15) is 20.7 Å². The molecule has 0 radical (unpaired) electrons. The van der Waals surface area contributed by atoms with Crippen molar-refractivity contribution < 1.29 is 19.1 Å². The number of aldehydes is 1. The monoisotopic (exact) mass is 256 g/mol. The number of epoxide rings is 1. The highest BCUT2D eigenvalue weighted by atomic mass is 16.6. The first-order valence-corrected chi connectivity index (χ1v) is 6.05. The Hall–Kier alpha value is -2.20. The zero-order valence-corrected chi connectivity index (χ0v) is 10.2. The lowest BCUT2D eigenvalue weighted by molar-refractivity contribution is 0.0479. The molecule has 1 heterocycles. The number of hydrogen-bond donors (Lipinski definition) is 0. The Balaban J connectivity index is 1.97. The third-order valence-electron chi connectivity index (χ3n) is 3.11. The van der Waals surface area contributed by atoms with Crippen molar-refractivity contribution in [3.63, 3.8) is 0 Å². The summed E-state index contributed by atoms with van der Waals surface area (Å²) in [5.41, 5.74) is 1.04. The molecule has 1 atom stereocenters. The largest absolute Gasteiger partial charge is 0.459 e. The maximum Gasteiger partial charge on any atom is 0.338 e. The van der Waals surface area contributed by atoms with Crippen molar-refractivity contribution in [2.24, 2.45) is 0 Å². The summed E-state index contributed by atoms with van der Waals surface area (Å²) >= 11 is 0. The van der Waals surface area contributed by atoms with E-state index in [9.17, 15) is 9.59 Å². The highest BCUT2D eigenvalue weighted by molar-refractivity contribution is 6.08. The van der Waals surface area contributed by atoms with Crippen LogP contribution >= 0.6 is 0 Å². The Morgan fingerprint density at radius 2 is 2.00 bits per heavy atom. The third kappa shape index (κ3) is 2.35. The van der Waals surface area contributed by atoms with E-state index in [1.54, 1.807) is 24.3 Å². The topological polar surface area (TPSA) is 55.9 Å². The third-order valence-corrected chi connectivity index (χ3v) is 3.11. The van der Waals surface area contributed by atoms with Gasteiger partial charge in [-0.1, -0.05) is 30.3 Å². The maximum atomic E-state index is 12.0. The predicted octanol–water partition coefficient (Wildman–Crippen LogP) is 2.21. The van der Waals surface area contributed by atoms with Crippen LogP contribution in [0.3, 0.4) is 0 Å². The van der Waals surface area contributed by atoms with Gasteiger partial charge in [0.1, 0.15) is 12.7 Å². The molecule has 0 amide bonds. The van der Waals surface area contributed by atoms with Crippen LogP contribution in [-0.2, 0) is 9.47 Å². The number of carbonyl (C=O) groups excluding carboxylic acids is 2. The summed E-state index contributed by atoms with van der Waals surface area (Å²) in [7, 11) is 0. The second kappa shape index (κ2) is 4.82. The van der Waals surface area contributed by atoms with Crippen LogP contribution in [0.15, 0.2) is 36.4 Å². The van der Waals surface area contributed by atoms with Crippen molar-refractivity contribution in [2.75, 3.05) is 13.2 Å². The minimum absolute atomic E-state index is 0.0458. The lowest BCUT2D eigenvalue weighted by Crippen LogP contribution is -2.10. The van der Waals surface area contributed by atoms with Crippen molar-refractivity contribution >= 4 is 23.0 Å². The summed E-state index contributed by atoms with van der Waals surface area (Å²) in [5, 5.41) is 1.49. The van der Waals surface area contributed by atoms with Gasteiger partial charge in [-0.05, 0) is 16.8 Å². The van der Waals surface area contributed by atoms with Crippen molar-refractivity contribution in [2.45, 2.75) is 6.10 Å². The fraction of sp³-hybridized carbons (Fsp3) is 0.200. The number of hydrogen-bond acceptors (Lipinski definition) is 4. The molecule has 0 saturated carbocycles. The van der Waals surface area contributed by atoms with Gasteiger partial charge < -0.3 is 9.47 Å². The Labute approximate surface area is 109 Å². The lowest BCUT2D eigenvalue weighted by atomic mass is 10.0. The van der Waals surface area contributed by atoms with E-state index in [1.165, 1.54) is 0 Å². The SMILES string of the molecule is O=Cc1cccc2c(C(=O)OCC3CO3)cccc12. The minimum atomic E-state index is -0.385. The number of fused-ring (bicyclic) bond motifs is 1. The zero-order chi connectivity index (χ0) is 13.2. The van der Waals surface area contributed by atoms with Crippen LogP contribution < -0.4 is 0 Å². The van der Waals surface area contributed by atoms with Gasteiger partial charge in [0.05, 0.1) is 12.2 Å². The fourth-order valence-corrected chi connectivity index (χ4v) is 2.03. The summed E-state index contributed by atoms with van der Waals surface area (Å²) in [6, 6.07) is 10.6. The van der Waals surface area contributed by atoms with E-state index in [0.29, 0.717) is 17.7 Å². The molecule has 4 nitrogen and oxygen atoms in total. The second-order valence-electron chi connectivity index (χ2n) is 4.42. The van der Waals surface area contributed by atoms with E-state index in [0.717, 1.165) is 17.1 Å². The number of esters is 1. The number of rotatable bonds is 4. The summed E-state index contributed by atoms with van der Waals surface area (Å²) in [5.74, 6) is -0.385. The van der Waals surface area contributed by atoms with Gasteiger partial charge in [-0.15, -0.1) is 0 Å². The van der Waals surface area contributed by atoms with Gasteiger partial charge in [0.15, 0.2) is 6.29 Å². The van der Waals surface area contributed by atoms with Crippen LogP contribution in [0, 0.1) is 0 Å². The number of benzene rings is 2. The average molecular weight is 256 g/mol. The quantitative estimate of drug-likeness (QED) is 0.478. The molecule has 3 rings (SSSR count). The van der Waals surface area contributed by atoms with Crippen LogP contribution in [0.4, 0.5) is 0 Å². The van der Waals surface area contributed by atoms with E-state index in [2.05, 4.69) is 0 Å². The van der Waals surface area contributed by atoms with Crippen LogP contribution in [0.25, 0.3) is 10.8 Å². The Bertz CT molecular complexity index is 644. The van der Waals surface area contributed by atoms with E-state index in [4.69, 9.17) is 9.47 Å². The molecular weight excluding hydrogens is 244 g/mol. The van der Waals surface area contributed by atoms with E-state index in [-0.39, 0.29) is 18.7 Å². The molecule has 1 saturated heterocycles. The molecule has 0 bridgehead atoms. The molecule has 0 aliphatic carbocycles. The average Bonchev–Trinajstić information content (AvgIpc) is 3.27. The standard InChI is InChI=1S/C15H12O4/c16-7-10-3-1-5-13-12(10)4-2-6-14(13)15(17)19-9-11-8-18-11/h1-7,11H,8-9H2. The van der Waals surface area contributed by atoms with Crippen molar-refractivity contribution in [1.82, 2.24) is 0 Å². The van der Waals surface area contributed by atoms with Gasteiger partial charge in [-0.3, -0.25) is 4.79 Å². The molecule has 1 aliphatic rings. The molecule has 2 aromatic carbocycles. The van der Waals surface area contributed by atoms with Gasteiger partial charge >= 0.3 is 5.97 Å². The molecule has 1 aliphatic heterocycles. The van der Waals surface area contributed by atoms with Crippen LogP contribution in [0.2, 0.25) is 0 Å². The molecule has 4 heteroatoms. The summed E-state index contributed by atoms with van der Waals surface area (Å²) < 4.78 is 10.2. The first kappa shape index (κ1) is 11.9. The smallest absolute Gasteiger partial charge is 0.338 e. The zero-order valence-electron chi connectivity index (χ0n) is 10.2. The van der Waals surface area contributed by atoms with E-state index < -0.39 is 0 Å². The van der Waals surface area contributed by atoms with Crippen LogP contribution in [-0.4, -0.2) is 31.6 Å². The normalized spacial score (nSPS) is 17.2. The Morgan fingerprint density at radius 1 is 1.26 bits per heavy atom. The van der Waals surface area contributed by atoms with Crippen molar-refractivity contribution in [3.05, 3.63) is 47.5 Å². The maximum absolute atomic E-state index is 12.0. The molecule has 19 heavy (non-hydrogen) atoms. The second-order valence-corrected chi connectivity index (χ2v) is 4.42. The first-order valence-electron chi connectivity index (χ1n) is 6.05. The van der Waals surface area contributed by atoms with Crippen LogP contribution in [0.5, 0.6) is 0 Å². The minimum Gasteiger partial charge on any atom is -0.459 e. The summed E-state index contributed by atoms with van der Waals surface area (Å²) in [6.45, 7) is 0.931. The lowest BCUT2D eigenvalue weighted by Gasteiger charge is -2.07. The Morgan fingerprint density at radius 3 is 2.74 bits per heavy atom. The van der Waals surface area contributed by atoms with Gasteiger partial charge in [0.2, 0.25) is 0 Å². The van der Waals surface area contributed by atoms with Gasteiger partial charge in [-0.2, -0.15) is 0 Å². The van der Waals surface area contributed by atoms with Gasteiger partial charge in [-0.25, -0.2) is 4.79 Å². The molecule has 1 fully saturated rings. The molecular formula is C15H12O4. The number of ether oxygens (including phenoxy) is 2. The summed E-state index contributed by atoms with van der Waals surface area (Å²) in [4.78, 5) is 23.0. The highest BCUT2D eigenvalue weighted by Gasteiger charge is 2.25. The summed E-state index contributed by atoms with van der Waals surface area (Å²) in [6.07, 6.45) is 0.833. The fourth-order valence-electron chi connectivity index (χ4n) is 2.03. The molecule has 96 valence electrons. The van der Waals surface area contributed by atoms with Crippen molar-refractivity contribution in [3.8, 4) is 0 Å². The molecule has 0 aromatic heterocycles.